The molecule has 17 heavy (non-hydrogen) atoms. The molecule has 0 amide bonds. The van der Waals surface area contributed by atoms with E-state index < -0.39 is 0 Å². The number of aliphatic hydroxyl groups is 1. The first-order valence-corrected chi connectivity index (χ1v) is 7.10. The number of hydrogen-bond donors (Lipinski definition) is 1. The molecule has 100 valence electrons. The van der Waals surface area contributed by atoms with Crippen LogP contribution in [0.2, 0.25) is 0 Å². The van der Waals surface area contributed by atoms with Crippen LogP contribution in [-0.2, 0) is 4.74 Å². The third kappa shape index (κ3) is 19.4. The van der Waals surface area contributed by atoms with Gasteiger partial charge in [-0.05, 0) is 19.3 Å². The van der Waals surface area contributed by atoms with Gasteiger partial charge in [0.05, 0.1) is 0 Å². The van der Waals surface area contributed by atoms with E-state index in [4.69, 9.17) is 9.84 Å². The van der Waals surface area contributed by atoms with Crippen molar-refractivity contribution in [2.75, 3.05) is 19.8 Å². The summed E-state index contributed by atoms with van der Waals surface area (Å²) < 4.78 is 5.56. The van der Waals surface area contributed by atoms with E-state index in [-0.39, 0.29) is 31.0 Å². The molecule has 0 bridgehead atoms. The molecule has 0 rings (SSSR count). The summed E-state index contributed by atoms with van der Waals surface area (Å²) in [7, 11) is 0. The number of unbranched alkanes of at least 4 members (excludes halogenated alkanes) is 8. The van der Waals surface area contributed by atoms with E-state index >= 15 is 0 Å². The minimum absolute atomic E-state index is 0. The Balaban J connectivity index is -0.00000112. The van der Waals surface area contributed by atoms with Crippen molar-refractivity contribution < 1.29 is 40.8 Å². The molecule has 0 aliphatic heterocycles. The maximum Gasteiger partial charge on any atom is 1.00 e. The summed E-state index contributed by atoms with van der Waals surface area (Å²) in [5, 5.41) is 8.60. The fourth-order valence-corrected chi connectivity index (χ4v) is 1.76. The summed E-state index contributed by atoms with van der Waals surface area (Å²) in [6.45, 7) is 4.42. The van der Waals surface area contributed by atoms with Crippen LogP contribution in [-0.4, -0.2) is 24.9 Å². The van der Waals surface area contributed by atoms with Gasteiger partial charge < -0.3 is 11.3 Å². The number of rotatable bonds is 13. The van der Waals surface area contributed by atoms with Gasteiger partial charge in [-0.15, -0.1) is 0 Å². The Labute approximate surface area is 131 Å². The van der Waals surface area contributed by atoms with Gasteiger partial charge in [0, 0.05) is 19.8 Å². The zero-order valence-corrected chi connectivity index (χ0v) is 14.0. The van der Waals surface area contributed by atoms with Crippen molar-refractivity contribution in [1.29, 1.82) is 0 Å². The molecule has 0 unspecified atom stereocenters. The maximum atomic E-state index is 8.60. The molecular weight excluding hydrogens is 223 g/mol. The van der Waals surface area contributed by atoms with Crippen LogP contribution in [0.15, 0.2) is 0 Å². The molecule has 0 saturated carbocycles. The SMILES string of the molecule is CCCCCCCCOCCCCCCO.[H-].[Na+]. The predicted molar refractivity (Wildman–Crippen MR) is 70.9 cm³/mol. The van der Waals surface area contributed by atoms with Crippen LogP contribution in [0.5, 0.6) is 0 Å². The van der Waals surface area contributed by atoms with E-state index in [9.17, 15) is 0 Å². The molecule has 2 nitrogen and oxygen atoms in total. The van der Waals surface area contributed by atoms with E-state index in [1.54, 1.807) is 0 Å². The van der Waals surface area contributed by atoms with E-state index in [0.717, 1.165) is 32.5 Å². The summed E-state index contributed by atoms with van der Waals surface area (Å²) in [4.78, 5) is 0. The molecule has 1 N–H and O–H groups in total. The Kier molecular flexibility index (Phi) is 22.9. The van der Waals surface area contributed by atoms with Crippen molar-refractivity contribution >= 4 is 0 Å². The number of hydrogen-bond acceptors (Lipinski definition) is 2. The van der Waals surface area contributed by atoms with Gasteiger partial charge in [-0.3, -0.25) is 0 Å². The van der Waals surface area contributed by atoms with Crippen LogP contribution in [0.25, 0.3) is 0 Å². The molecule has 0 atom stereocenters. The van der Waals surface area contributed by atoms with Gasteiger partial charge in [-0.2, -0.15) is 0 Å². The van der Waals surface area contributed by atoms with Gasteiger partial charge in [0.25, 0.3) is 0 Å². The zero-order valence-electron chi connectivity index (χ0n) is 13.0. The van der Waals surface area contributed by atoms with Gasteiger partial charge in [-0.1, -0.05) is 51.9 Å². The fourth-order valence-electron chi connectivity index (χ4n) is 1.76. The van der Waals surface area contributed by atoms with Crippen LogP contribution >= 0.6 is 0 Å². The normalized spacial score (nSPS) is 10.2. The maximum absolute atomic E-state index is 8.60. The average Bonchev–Trinajstić information content (AvgIpc) is 2.31. The minimum Gasteiger partial charge on any atom is -1.00 e. The van der Waals surface area contributed by atoms with E-state index in [1.165, 1.54) is 44.9 Å². The minimum atomic E-state index is 0. The van der Waals surface area contributed by atoms with Gasteiger partial charge >= 0.3 is 29.6 Å². The van der Waals surface area contributed by atoms with Crippen LogP contribution < -0.4 is 29.6 Å². The quantitative estimate of drug-likeness (QED) is 0.393. The van der Waals surface area contributed by atoms with E-state index in [0.29, 0.717) is 6.61 Å². The van der Waals surface area contributed by atoms with Crippen molar-refractivity contribution in [3.63, 3.8) is 0 Å². The number of aliphatic hydroxyl groups excluding tert-OH is 1. The standard InChI is InChI=1S/C14H30O2.Na.H/c1-2-3-4-5-7-10-13-16-14-11-8-6-9-12-15;;/h15H,2-14H2,1H3;;/q;+1;-1. The van der Waals surface area contributed by atoms with Crippen molar-refractivity contribution in [3.05, 3.63) is 0 Å². The molecule has 0 fully saturated rings. The monoisotopic (exact) mass is 254 g/mol. The van der Waals surface area contributed by atoms with Gasteiger partial charge in [-0.25, -0.2) is 0 Å². The van der Waals surface area contributed by atoms with Gasteiger partial charge in [0.1, 0.15) is 0 Å². The summed E-state index contributed by atoms with van der Waals surface area (Å²) in [5.41, 5.74) is 0. The van der Waals surface area contributed by atoms with Crippen LogP contribution in [0.4, 0.5) is 0 Å². The predicted octanol–water partition coefficient (Wildman–Crippen LogP) is 1.03. The van der Waals surface area contributed by atoms with Gasteiger partial charge in [0.15, 0.2) is 0 Å². The summed E-state index contributed by atoms with van der Waals surface area (Å²) in [6, 6.07) is 0. The van der Waals surface area contributed by atoms with Crippen molar-refractivity contribution in [2.45, 2.75) is 71.1 Å². The Morgan fingerprint density at radius 2 is 1.24 bits per heavy atom. The molecule has 0 radical (unpaired) electrons. The van der Waals surface area contributed by atoms with E-state index in [2.05, 4.69) is 6.92 Å². The molecule has 0 spiro atoms. The smallest absolute Gasteiger partial charge is 1.00 e. The second-order valence-corrected chi connectivity index (χ2v) is 4.52. The van der Waals surface area contributed by atoms with Crippen LogP contribution in [0.3, 0.4) is 0 Å². The largest absolute Gasteiger partial charge is 1.00 e. The zero-order chi connectivity index (χ0) is 11.9. The third-order valence-electron chi connectivity index (χ3n) is 2.84. The Hall–Kier alpha value is 0.920. The fraction of sp³-hybridized carbons (Fsp3) is 1.00. The molecule has 3 heteroatoms. The molecule has 0 aliphatic carbocycles. The first-order chi connectivity index (χ1) is 7.91. The molecule has 0 aromatic rings. The Bertz CT molecular complexity index is 112. The molecular formula is C14H31NaO2. The third-order valence-corrected chi connectivity index (χ3v) is 2.84. The Morgan fingerprint density at radius 1 is 0.765 bits per heavy atom. The second kappa shape index (κ2) is 19.3. The first-order valence-electron chi connectivity index (χ1n) is 7.10. The van der Waals surface area contributed by atoms with Crippen LogP contribution in [0, 0.1) is 0 Å². The average molecular weight is 254 g/mol. The van der Waals surface area contributed by atoms with Crippen molar-refractivity contribution in [2.24, 2.45) is 0 Å². The molecule has 0 saturated heterocycles. The molecule has 0 aromatic heterocycles. The number of ether oxygens (including phenoxy) is 1. The Morgan fingerprint density at radius 3 is 1.76 bits per heavy atom. The van der Waals surface area contributed by atoms with Gasteiger partial charge in [0.2, 0.25) is 0 Å². The molecule has 0 aromatic carbocycles. The summed E-state index contributed by atoms with van der Waals surface area (Å²) in [6.07, 6.45) is 12.4. The van der Waals surface area contributed by atoms with Crippen molar-refractivity contribution in [3.8, 4) is 0 Å². The second-order valence-electron chi connectivity index (χ2n) is 4.52. The van der Waals surface area contributed by atoms with Crippen LogP contribution in [0.1, 0.15) is 72.6 Å². The summed E-state index contributed by atoms with van der Waals surface area (Å²) in [5.74, 6) is 0. The molecule has 0 aliphatic rings. The van der Waals surface area contributed by atoms with Crippen molar-refractivity contribution in [1.82, 2.24) is 0 Å². The summed E-state index contributed by atoms with van der Waals surface area (Å²) >= 11 is 0. The molecule has 0 heterocycles. The first kappa shape index (κ1) is 20.2. The topological polar surface area (TPSA) is 29.5 Å². The van der Waals surface area contributed by atoms with E-state index in [1.807, 2.05) is 0 Å².